The van der Waals surface area contributed by atoms with Gasteiger partial charge in [0.1, 0.15) is 5.41 Å². The first-order chi connectivity index (χ1) is 11.4. The summed E-state index contributed by atoms with van der Waals surface area (Å²) >= 11 is 0. The second-order valence-corrected chi connectivity index (χ2v) is 6.93. The first-order valence-corrected chi connectivity index (χ1v) is 8.79. The van der Waals surface area contributed by atoms with Crippen LogP contribution in [0.1, 0.15) is 32.8 Å². The average molecular weight is 331 g/mol. The average Bonchev–Trinajstić information content (AvgIpc) is 2.60. The summed E-state index contributed by atoms with van der Waals surface area (Å²) in [5.74, 6) is -0.253. The van der Waals surface area contributed by atoms with E-state index < -0.39 is 5.41 Å². The molecule has 1 aliphatic heterocycles. The van der Waals surface area contributed by atoms with Gasteiger partial charge in [-0.2, -0.15) is 0 Å². The van der Waals surface area contributed by atoms with Crippen LogP contribution in [0.4, 0.5) is 0 Å². The monoisotopic (exact) mass is 331 g/mol. The Morgan fingerprint density at radius 1 is 1.08 bits per heavy atom. The highest BCUT2D eigenvalue weighted by atomic mass is 16.2. The number of carbonyl (C=O) groups is 2. The standard InChI is InChI=1S/C19H29N3O2/c1-4-10-20-17(23)19(2,3)18(24)22-13-11-21(12-14-22)15-16-8-6-5-7-9-16/h5-9H,4,10-15H2,1-3H3,(H,20,23). The minimum absolute atomic E-state index is 0.0736. The molecule has 0 aliphatic carbocycles. The highest BCUT2D eigenvalue weighted by Gasteiger charge is 2.39. The second-order valence-electron chi connectivity index (χ2n) is 6.93. The molecule has 1 N–H and O–H groups in total. The topological polar surface area (TPSA) is 52.7 Å². The van der Waals surface area contributed by atoms with Gasteiger partial charge in [0.05, 0.1) is 0 Å². The molecule has 1 fully saturated rings. The Morgan fingerprint density at radius 2 is 1.71 bits per heavy atom. The van der Waals surface area contributed by atoms with Crippen LogP contribution in [0.5, 0.6) is 0 Å². The van der Waals surface area contributed by atoms with Crippen LogP contribution in [0.3, 0.4) is 0 Å². The second kappa shape index (κ2) is 8.29. The van der Waals surface area contributed by atoms with Gasteiger partial charge < -0.3 is 10.2 Å². The first-order valence-electron chi connectivity index (χ1n) is 8.79. The van der Waals surface area contributed by atoms with E-state index in [0.717, 1.165) is 26.1 Å². The number of amides is 2. The maximum Gasteiger partial charge on any atom is 0.237 e. The fourth-order valence-electron chi connectivity index (χ4n) is 2.90. The third-order valence-electron chi connectivity index (χ3n) is 4.55. The molecule has 2 rings (SSSR count). The minimum atomic E-state index is -1.00. The van der Waals surface area contributed by atoms with E-state index in [1.165, 1.54) is 5.56 Å². The van der Waals surface area contributed by atoms with E-state index in [9.17, 15) is 9.59 Å². The molecule has 0 bridgehead atoms. The lowest BCUT2D eigenvalue weighted by Crippen LogP contribution is -2.55. The molecule has 1 aromatic carbocycles. The molecule has 0 atom stereocenters. The van der Waals surface area contributed by atoms with Crippen molar-refractivity contribution < 1.29 is 9.59 Å². The Bertz CT molecular complexity index is 549. The molecule has 0 saturated carbocycles. The summed E-state index contributed by atoms with van der Waals surface area (Å²) in [6.45, 7) is 9.99. The molecule has 1 heterocycles. The molecule has 2 amide bonds. The van der Waals surface area contributed by atoms with Crippen LogP contribution < -0.4 is 5.32 Å². The minimum Gasteiger partial charge on any atom is -0.355 e. The van der Waals surface area contributed by atoms with Crippen LogP contribution in [-0.2, 0) is 16.1 Å². The fraction of sp³-hybridized carbons (Fsp3) is 0.579. The van der Waals surface area contributed by atoms with Gasteiger partial charge in [0.25, 0.3) is 0 Å². The van der Waals surface area contributed by atoms with E-state index in [-0.39, 0.29) is 11.8 Å². The Labute approximate surface area is 145 Å². The predicted molar refractivity (Wildman–Crippen MR) is 95.4 cm³/mol. The van der Waals surface area contributed by atoms with Gasteiger partial charge in [-0.3, -0.25) is 14.5 Å². The summed E-state index contributed by atoms with van der Waals surface area (Å²) in [6, 6.07) is 10.4. The number of carbonyl (C=O) groups excluding carboxylic acids is 2. The van der Waals surface area contributed by atoms with Crippen LogP contribution in [0.2, 0.25) is 0 Å². The van der Waals surface area contributed by atoms with Crippen molar-refractivity contribution in [1.82, 2.24) is 15.1 Å². The number of hydrogen-bond donors (Lipinski definition) is 1. The lowest BCUT2D eigenvalue weighted by molar-refractivity contribution is -0.149. The third kappa shape index (κ3) is 4.57. The number of hydrogen-bond acceptors (Lipinski definition) is 3. The van der Waals surface area contributed by atoms with Crippen LogP contribution in [0.15, 0.2) is 30.3 Å². The Balaban J connectivity index is 1.86. The van der Waals surface area contributed by atoms with Gasteiger partial charge in [-0.1, -0.05) is 37.3 Å². The van der Waals surface area contributed by atoms with Crippen molar-refractivity contribution in [2.75, 3.05) is 32.7 Å². The van der Waals surface area contributed by atoms with E-state index in [4.69, 9.17) is 0 Å². The van der Waals surface area contributed by atoms with Gasteiger partial charge >= 0.3 is 0 Å². The molecule has 5 nitrogen and oxygen atoms in total. The number of nitrogens with zero attached hydrogens (tertiary/aromatic N) is 2. The quantitative estimate of drug-likeness (QED) is 0.810. The maximum absolute atomic E-state index is 12.7. The molecule has 0 radical (unpaired) electrons. The molecule has 0 spiro atoms. The lowest BCUT2D eigenvalue weighted by Gasteiger charge is -2.38. The zero-order chi connectivity index (χ0) is 17.6. The van der Waals surface area contributed by atoms with Gasteiger partial charge in [0.2, 0.25) is 11.8 Å². The van der Waals surface area contributed by atoms with Gasteiger partial charge in [0.15, 0.2) is 0 Å². The summed E-state index contributed by atoms with van der Waals surface area (Å²) in [5, 5.41) is 2.84. The van der Waals surface area contributed by atoms with Crippen molar-refractivity contribution in [3.63, 3.8) is 0 Å². The molecule has 132 valence electrons. The number of piperazine rings is 1. The number of benzene rings is 1. The van der Waals surface area contributed by atoms with E-state index in [1.54, 1.807) is 13.8 Å². The van der Waals surface area contributed by atoms with E-state index in [1.807, 2.05) is 30.0 Å². The largest absolute Gasteiger partial charge is 0.355 e. The zero-order valence-corrected chi connectivity index (χ0v) is 15.0. The lowest BCUT2D eigenvalue weighted by atomic mass is 9.90. The van der Waals surface area contributed by atoms with Gasteiger partial charge in [-0.15, -0.1) is 0 Å². The van der Waals surface area contributed by atoms with Crippen molar-refractivity contribution in [2.45, 2.75) is 33.7 Å². The summed E-state index contributed by atoms with van der Waals surface area (Å²) in [4.78, 5) is 29.2. The molecule has 1 aliphatic rings. The molecule has 5 heteroatoms. The SMILES string of the molecule is CCCNC(=O)C(C)(C)C(=O)N1CCN(Cc2ccccc2)CC1. The van der Waals surface area contributed by atoms with E-state index in [0.29, 0.717) is 19.6 Å². The van der Waals surface area contributed by atoms with Crippen molar-refractivity contribution in [1.29, 1.82) is 0 Å². The Morgan fingerprint density at radius 3 is 2.29 bits per heavy atom. The molecule has 0 aromatic heterocycles. The molecular weight excluding hydrogens is 302 g/mol. The Kier molecular flexibility index (Phi) is 6.37. The Hall–Kier alpha value is -1.88. The zero-order valence-electron chi connectivity index (χ0n) is 15.0. The smallest absolute Gasteiger partial charge is 0.237 e. The van der Waals surface area contributed by atoms with Crippen LogP contribution >= 0.6 is 0 Å². The summed E-state index contributed by atoms with van der Waals surface area (Å²) in [7, 11) is 0. The predicted octanol–water partition coefficient (Wildman–Crippen LogP) is 1.88. The first kappa shape index (κ1) is 18.5. The van der Waals surface area contributed by atoms with Crippen molar-refractivity contribution in [3.05, 3.63) is 35.9 Å². The maximum atomic E-state index is 12.7. The van der Waals surface area contributed by atoms with Crippen molar-refractivity contribution >= 4 is 11.8 Å². The van der Waals surface area contributed by atoms with Crippen molar-refractivity contribution in [3.8, 4) is 0 Å². The van der Waals surface area contributed by atoms with Crippen molar-refractivity contribution in [2.24, 2.45) is 5.41 Å². The fourth-order valence-corrected chi connectivity index (χ4v) is 2.90. The van der Waals surface area contributed by atoms with Gasteiger partial charge in [-0.05, 0) is 25.8 Å². The van der Waals surface area contributed by atoms with Gasteiger partial charge in [0, 0.05) is 39.3 Å². The van der Waals surface area contributed by atoms with Crippen LogP contribution in [0, 0.1) is 5.41 Å². The third-order valence-corrected chi connectivity index (χ3v) is 4.55. The molecular formula is C19H29N3O2. The summed E-state index contributed by atoms with van der Waals surface area (Å²) in [6.07, 6.45) is 0.869. The molecule has 1 saturated heterocycles. The molecule has 1 aromatic rings. The highest BCUT2D eigenvalue weighted by Crippen LogP contribution is 2.21. The van der Waals surface area contributed by atoms with Gasteiger partial charge in [-0.25, -0.2) is 0 Å². The van der Waals surface area contributed by atoms with E-state index in [2.05, 4.69) is 22.3 Å². The van der Waals surface area contributed by atoms with E-state index >= 15 is 0 Å². The highest BCUT2D eigenvalue weighted by molar-refractivity contribution is 6.04. The molecule has 0 unspecified atom stereocenters. The van der Waals surface area contributed by atoms with Crippen LogP contribution in [-0.4, -0.2) is 54.3 Å². The van der Waals surface area contributed by atoms with Crippen LogP contribution in [0.25, 0.3) is 0 Å². The number of nitrogens with one attached hydrogen (secondary N) is 1. The summed E-state index contributed by atoms with van der Waals surface area (Å²) in [5.41, 5.74) is 0.285. The number of rotatable bonds is 6. The molecule has 24 heavy (non-hydrogen) atoms. The summed E-state index contributed by atoms with van der Waals surface area (Å²) < 4.78 is 0. The normalized spacial score (nSPS) is 16.0.